The van der Waals surface area contributed by atoms with Gasteiger partial charge in [-0.2, -0.15) is 0 Å². The van der Waals surface area contributed by atoms with Crippen molar-refractivity contribution in [2.45, 2.75) is 13.0 Å². The minimum Gasteiger partial charge on any atom is -0.409 e. The zero-order valence-electron chi connectivity index (χ0n) is 11.4. The summed E-state index contributed by atoms with van der Waals surface area (Å²) in [6.07, 6.45) is 0.391. The first-order chi connectivity index (χ1) is 9.58. The molecule has 0 saturated heterocycles. The van der Waals surface area contributed by atoms with E-state index < -0.39 is 5.82 Å². The summed E-state index contributed by atoms with van der Waals surface area (Å²) in [6, 6.07) is 4.90. The predicted octanol–water partition coefficient (Wildman–Crippen LogP) is 2.06. The fourth-order valence-corrected chi connectivity index (χ4v) is 1.92. The Hall–Kier alpha value is -1.37. The van der Waals surface area contributed by atoms with Gasteiger partial charge in [-0.3, -0.25) is 4.90 Å². The Kier molecular flexibility index (Phi) is 7.28. The summed E-state index contributed by atoms with van der Waals surface area (Å²) in [5, 5.41) is 11.6. The number of benzene rings is 1. The molecule has 0 aliphatic rings. The molecule has 5 nitrogen and oxygen atoms in total. The normalized spacial score (nSPS) is 12.1. The van der Waals surface area contributed by atoms with Crippen molar-refractivity contribution in [2.75, 3.05) is 26.8 Å². The minimum absolute atomic E-state index is 0.102. The number of methoxy groups -OCH3 is 1. The third-order valence-electron chi connectivity index (χ3n) is 2.85. The highest BCUT2D eigenvalue weighted by Gasteiger charge is 2.12. The van der Waals surface area contributed by atoms with Crippen molar-refractivity contribution in [2.24, 2.45) is 10.9 Å². The van der Waals surface area contributed by atoms with E-state index >= 15 is 0 Å². The highest BCUT2D eigenvalue weighted by molar-refractivity contribution is 6.30. The van der Waals surface area contributed by atoms with Crippen molar-refractivity contribution in [1.29, 1.82) is 0 Å². The first-order valence-corrected chi connectivity index (χ1v) is 6.56. The molecular weight excluding hydrogens is 285 g/mol. The molecule has 0 amide bonds. The maximum atomic E-state index is 13.9. The summed E-state index contributed by atoms with van der Waals surface area (Å²) in [5.41, 5.74) is 5.95. The van der Waals surface area contributed by atoms with E-state index in [2.05, 4.69) is 5.16 Å². The molecule has 0 fully saturated rings. The lowest BCUT2D eigenvalue weighted by atomic mass is 10.2. The zero-order valence-corrected chi connectivity index (χ0v) is 12.1. The predicted molar refractivity (Wildman–Crippen MR) is 76.6 cm³/mol. The average Bonchev–Trinajstić information content (AvgIpc) is 2.45. The van der Waals surface area contributed by atoms with Crippen LogP contribution in [0.25, 0.3) is 0 Å². The van der Waals surface area contributed by atoms with Crippen LogP contribution in [0.5, 0.6) is 0 Å². The summed E-state index contributed by atoms with van der Waals surface area (Å²) in [7, 11) is 1.60. The van der Waals surface area contributed by atoms with E-state index in [1.165, 1.54) is 6.07 Å². The van der Waals surface area contributed by atoms with Crippen LogP contribution in [0.15, 0.2) is 23.4 Å². The van der Waals surface area contributed by atoms with Crippen molar-refractivity contribution >= 4 is 17.4 Å². The van der Waals surface area contributed by atoms with Gasteiger partial charge in [0, 0.05) is 38.7 Å². The lowest BCUT2D eigenvalue weighted by molar-refractivity contribution is 0.145. The largest absolute Gasteiger partial charge is 0.409 e. The van der Waals surface area contributed by atoms with Gasteiger partial charge in [-0.15, -0.1) is 0 Å². The third-order valence-corrected chi connectivity index (χ3v) is 3.14. The molecule has 1 aromatic rings. The van der Waals surface area contributed by atoms with E-state index in [1.807, 2.05) is 4.90 Å². The zero-order chi connectivity index (χ0) is 15.0. The van der Waals surface area contributed by atoms with Crippen molar-refractivity contribution < 1.29 is 14.3 Å². The number of hydrogen-bond acceptors (Lipinski definition) is 4. The minimum atomic E-state index is -0.416. The molecule has 1 rings (SSSR count). The van der Waals surface area contributed by atoms with Crippen LogP contribution in [-0.2, 0) is 11.3 Å². The molecule has 0 aliphatic heterocycles. The molecule has 20 heavy (non-hydrogen) atoms. The second-order valence-electron chi connectivity index (χ2n) is 4.32. The number of rotatable bonds is 8. The molecular formula is C13H19ClFN3O2. The number of halogens is 2. The van der Waals surface area contributed by atoms with Gasteiger partial charge in [0.1, 0.15) is 11.7 Å². The molecule has 3 N–H and O–H groups in total. The molecule has 0 aromatic heterocycles. The number of amidine groups is 1. The van der Waals surface area contributed by atoms with Gasteiger partial charge in [0.25, 0.3) is 0 Å². The highest BCUT2D eigenvalue weighted by atomic mass is 35.5. The first-order valence-electron chi connectivity index (χ1n) is 6.19. The van der Waals surface area contributed by atoms with Crippen LogP contribution < -0.4 is 5.73 Å². The first kappa shape index (κ1) is 16.7. The molecule has 0 aliphatic carbocycles. The quantitative estimate of drug-likeness (QED) is 0.334. The summed E-state index contributed by atoms with van der Waals surface area (Å²) in [4.78, 5) is 1.95. The fraction of sp³-hybridized carbons (Fsp3) is 0.462. The van der Waals surface area contributed by atoms with Gasteiger partial charge >= 0.3 is 0 Å². The Morgan fingerprint density at radius 2 is 2.25 bits per heavy atom. The second kappa shape index (κ2) is 8.73. The van der Waals surface area contributed by atoms with E-state index in [9.17, 15) is 4.39 Å². The van der Waals surface area contributed by atoms with Gasteiger partial charge in [-0.1, -0.05) is 28.9 Å². The summed E-state index contributed by atoms with van der Waals surface area (Å²) >= 11 is 5.76. The van der Waals surface area contributed by atoms with E-state index in [0.29, 0.717) is 38.2 Å². The van der Waals surface area contributed by atoms with Crippen LogP contribution in [0.1, 0.15) is 12.0 Å². The molecule has 0 spiro atoms. The second-order valence-corrected chi connectivity index (χ2v) is 4.73. The Morgan fingerprint density at radius 1 is 1.50 bits per heavy atom. The maximum Gasteiger partial charge on any atom is 0.146 e. The van der Waals surface area contributed by atoms with Crippen LogP contribution in [0.4, 0.5) is 4.39 Å². The van der Waals surface area contributed by atoms with Crippen LogP contribution in [0, 0.1) is 5.82 Å². The number of nitrogens with zero attached hydrogens (tertiary/aromatic N) is 2. The number of nitrogens with two attached hydrogens (primary N) is 1. The standard InChI is InChI=1S/C13H19ClFN3O2/c1-20-8-7-18(6-5-12(16)17-19)9-10-3-2-4-11(14)13(10)15/h2-4,19H,5-9H2,1H3,(H2,16,17). The molecule has 0 bridgehead atoms. The van der Waals surface area contributed by atoms with Crippen molar-refractivity contribution in [3.63, 3.8) is 0 Å². The smallest absolute Gasteiger partial charge is 0.146 e. The van der Waals surface area contributed by atoms with Crippen LogP contribution in [0.2, 0.25) is 5.02 Å². The van der Waals surface area contributed by atoms with Gasteiger partial charge in [0.2, 0.25) is 0 Å². The van der Waals surface area contributed by atoms with Crippen molar-refractivity contribution in [3.8, 4) is 0 Å². The lowest BCUT2D eigenvalue weighted by Gasteiger charge is -2.22. The SMILES string of the molecule is COCCN(CC/C(N)=N/O)Cc1cccc(Cl)c1F. The Balaban J connectivity index is 2.70. The van der Waals surface area contributed by atoms with Gasteiger partial charge in [0.15, 0.2) is 0 Å². The fourth-order valence-electron chi connectivity index (χ4n) is 1.72. The maximum absolute atomic E-state index is 13.9. The Bertz CT molecular complexity index is 457. The lowest BCUT2D eigenvalue weighted by Crippen LogP contribution is -2.31. The van der Waals surface area contributed by atoms with Crippen molar-refractivity contribution in [1.82, 2.24) is 4.90 Å². The molecule has 0 radical (unpaired) electrons. The van der Waals surface area contributed by atoms with Gasteiger partial charge in [0.05, 0.1) is 11.6 Å². The average molecular weight is 304 g/mol. The van der Waals surface area contributed by atoms with E-state index in [0.717, 1.165) is 0 Å². The van der Waals surface area contributed by atoms with E-state index in [-0.39, 0.29) is 10.9 Å². The molecule has 7 heteroatoms. The van der Waals surface area contributed by atoms with Crippen LogP contribution in [-0.4, -0.2) is 42.7 Å². The summed E-state index contributed by atoms with van der Waals surface area (Å²) in [5.74, 6) is -0.278. The molecule has 112 valence electrons. The van der Waals surface area contributed by atoms with E-state index in [1.54, 1.807) is 19.2 Å². The number of ether oxygens (including phenoxy) is 1. The topological polar surface area (TPSA) is 71.1 Å². The van der Waals surface area contributed by atoms with Crippen LogP contribution >= 0.6 is 11.6 Å². The Labute approximate surface area is 122 Å². The summed E-state index contributed by atoms with van der Waals surface area (Å²) < 4.78 is 18.9. The highest BCUT2D eigenvalue weighted by Crippen LogP contribution is 2.19. The molecule has 0 saturated carbocycles. The van der Waals surface area contributed by atoms with Crippen LogP contribution in [0.3, 0.4) is 0 Å². The molecule has 0 unspecified atom stereocenters. The number of hydrogen-bond donors (Lipinski definition) is 2. The molecule has 0 atom stereocenters. The van der Waals surface area contributed by atoms with Gasteiger partial charge < -0.3 is 15.7 Å². The molecule has 0 heterocycles. The van der Waals surface area contributed by atoms with Gasteiger partial charge in [-0.05, 0) is 6.07 Å². The van der Waals surface area contributed by atoms with Gasteiger partial charge in [-0.25, -0.2) is 4.39 Å². The van der Waals surface area contributed by atoms with Crippen molar-refractivity contribution in [3.05, 3.63) is 34.6 Å². The molecule has 1 aromatic carbocycles. The monoisotopic (exact) mass is 303 g/mol. The number of oxime groups is 1. The van der Waals surface area contributed by atoms with E-state index in [4.69, 9.17) is 27.3 Å². The summed E-state index contributed by atoms with van der Waals surface area (Å²) in [6.45, 7) is 2.04. The Morgan fingerprint density at radius 3 is 2.90 bits per heavy atom. The third kappa shape index (κ3) is 5.32.